The van der Waals surface area contributed by atoms with Crippen molar-refractivity contribution in [3.63, 3.8) is 0 Å². The molecule has 0 spiro atoms. The van der Waals surface area contributed by atoms with E-state index in [4.69, 9.17) is 2.74 Å². The maximum atomic E-state index is 8.77. The summed E-state index contributed by atoms with van der Waals surface area (Å²) in [7, 11) is 0. The predicted molar refractivity (Wildman–Crippen MR) is 95.8 cm³/mol. The van der Waals surface area contributed by atoms with Crippen LogP contribution >= 0.6 is 0 Å². The minimum atomic E-state index is -2.23. The van der Waals surface area contributed by atoms with E-state index in [0.717, 1.165) is 21.2 Å². The third kappa shape index (κ3) is 4.44. The fourth-order valence-corrected chi connectivity index (χ4v) is 5.25. The standard InChI is InChI=1S/C19H27GeN/c1-19(2,3)13-16-12-18(15-10-8-7-9-11-15)21-14-17(16)20(4,5)6/h7-12,14H,13H2,1-6H3/i13D2. The molecule has 1 nitrogen and oxygen atoms in total. The van der Waals surface area contributed by atoms with E-state index in [-0.39, 0.29) is 0 Å². The molecule has 0 N–H and O–H groups in total. The molecule has 0 atom stereocenters. The van der Waals surface area contributed by atoms with Gasteiger partial charge < -0.3 is 0 Å². The Hall–Kier alpha value is -1.09. The van der Waals surface area contributed by atoms with Crippen LogP contribution in [0.15, 0.2) is 42.6 Å². The second-order valence-corrected chi connectivity index (χ2v) is 18.2. The van der Waals surface area contributed by atoms with Gasteiger partial charge in [0, 0.05) is 0 Å². The van der Waals surface area contributed by atoms with Gasteiger partial charge in [-0.2, -0.15) is 0 Å². The zero-order valence-corrected chi connectivity index (χ0v) is 16.1. The van der Waals surface area contributed by atoms with Gasteiger partial charge in [-0.3, -0.25) is 0 Å². The summed E-state index contributed by atoms with van der Waals surface area (Å²) in [5.41, 5.74) is 2.24. The van der Waals surface area contributed by atoms with Gasteiger partial charge in [0.1, 0.15) is 0 Å². The van der Waals surface area contributed by atoms with Crippen LogP contribution in [0.4, 0.5) is 0 Å². The third-order valence-corrected chi connectivity index (χ3v) is 7.52. The summed E-state index contributed by atoms with van der Waals surface area (Å²) in [5.74, 6) is 6.88. The van der Waals surface area contributed by atoms with Gasteiger partial charge in [-0.25, -0.2) is 0 Å². The second kappa shape index (κ2) is 5.96. The van der Waals surface area contributed by atoms with Crippen LogP contribution in [0.1, 0.15) is 29.1 Å². The van der Waals surface area contributed by atoms with Gasteiger partial charge in [0.2, 0.25) is 0 Å². The molecule has 0 aliphatic carbocycles. The molecular weight excluding hydrogens is 315 g/mol. The molecule has 0 fully saturated rings. The van der Waals surface area contributed by atoms with Gasteiger partial charge in [0.25, 0.3) is 0 Å². The summed E-state index contributed by atoms with van der Waals surface area (Å²) >= 11 is -2.23. The van der Waals surface area contributed by atoms with Crippen LogP contribution in [0.3, 0.4) is 0 Å². The van der Waals surface area contributed by atoms with Gasteiger partial charge >= 0.3 is 135 Å². The molecule has 0 unspecified atom stereocenters. The Labute approximate surface area is 135 Å². The Kier molecular flexibility index (Phi) is 3.85. The van der Waals surface area contributed by atoms with Crippen molar-refractivity contribution in [1.82, 2.24) is 4.98 Å². The van der Waals surface area contributed by atoms with Crippen LogP contribution < -0.4 is 4.40 Å². The summed E-state index contributed by atoms with van der Waals surface area (Å²) in [6.45, 7) is 5.90. The molecule has 2 heteroatoms. The number of nitrogens with zero attached hydrogens (tertiary/aromatic N) is 1. The number of aromatic nitrogens is 1. The van der Waals surface area contributed by atoms with E-state index in [2.05, 4.69) is 22.3 Å². The van der Waals surface area contributed by atoms with E-state index in [9.17, 15) is 0 Å². The van der Waals surface area contributed by atoms with Crippen LogP contribution in [-0.4, -0.2) is 18.3 Å². The first-order valence-corrected chi connectivity index (χ1v) is 14.9. The molecule has 21 heavy (non-hydrogen) atoms. The van der Waals surface area contributed by atoms with Crippen LogP contribution in [0.5, 0.6) is 0 Å². The van der Waals surface area contributed by atoms with Crippen LogP contribution in [0, 0.1) is 5.41 Å². The molecule has 0 amide bonds. The molecule has 0 saturated heterocycles. The molecule has 112 valence electrons. The fraction of sp³-hybridized carbons (Fsp3) is 0.421. The number of rotatable bonds is 3. The molecule has 1 aromatic heterocycles. The second-order valence-electron chi connectivity index (χ2n) is 7.61. The van der Waals surface area contributed by atoms with Gasteiger partial charge in [-0.1, -0.05) is 0 Å². The van der Waals surface area contributed by atoms with Gasteiger partial charge in [0.05, 0.1) is 0 Å². The maximum absolute atomic E-state index is 8.77. The van der Waals surface area contributed by atoms with Gasteiger partial charge in [-0.05, 0) is 0 Å². The van der Waals surface area contributed by atoms with Crippen LogP contribution in [0.25, 0.3) is 11.3 Å². The summed E-state index contributed by atoms with van der Waals surface area (Å²) in [4.78, 5) is 4.65. The van der Waals surface area contributed by atoms with Crippen molar-refractivity contribution in [3.05, 3.63) is 48.2 Å². The third-order valence-electron chi connectivity index (χ3n) is 3.29. The summed E-state index contributed by atoms with van der Waals surface area (Å²) < 4.78 is 18.7. The molecule has 1 heterocycles. The van der Waals surface area contributed by atoms with Gasteiger partial charge in [0.15, 0.2) is 0 Å². The normalized spacial score (nSPS) is 14.6. The zero-order chi connectivity index (χ0) is 17.5. The van der Waals surface area contributed by atoms with Crippen molar-refractivity contribution < 1.29 is 2.74 Å². The first kappa shape index (κ1) is 13.6. The van der Waals surface area contributed by atoms with Crippen LogP contribution in [-0.2, 0) is 6.37 Å². The van der Waals surface area contributed by atoms with E-state index in [0.29, 0.717) is 0 Å². The molecule has 0 aliphatic heterocycles. The summed E-state index contributed by atoms with van der Waals surface area (Å²) in [6, 6.07) is 12.0. The number of hydrogen-bond donors (Lipinski definition) is 0. The van der Waals surface area contributed by atoms with Crippen molar-refractivity contribution in [2.24, 2.45) is 5.41 Å². The molecule has 0 bridgehead atoms. The first-order chi connectivity index (χ1) is 10.4. The number of pyridine rings is 1. The average molecular weight is 344 g/mol. The first-order valence-electron chi connectivity index (χ1n) is 8.51. The van der Waals surface area contributed by atoms with Crippen molar-refractivity contribution in [2.45, 2.75) is 44.4 Å². The minimum absolute atomic E-state index is 0.468. The van der Waals surface area contributed by atoms with E-state index < -0.39 is 25.1 Å². The van der Waals surface area contributed by atoms with Crippen molar-refractivity contribution >= 4 is 17.7 Å². The van der Waals surface area contributed by atoms with E-state index in [1.54, 1.807) is 0 Å². The Morgan fingerprint density at radius 3 is 2.24 bits per heavy atom. The average Bonchev–Trinajstić information content (AvgIpc) is 2.45. The monoisotopic (exact) mass is 345 g/mol. The molecular formula is C19H27GeN. The van der Waals surface area contributed by atoms with Crippen molar-refractivity contribution in [2.75, 3.05) is 0 Å². The van der Waals surface area contributed by atoms with E-state index >= 15 is 0 Å². The fourth-order valence-electron chi connectivity index (χ4n) is 2.33. The number of benzene rings is 1. The number of hydrogen-bond acceptors (Lipinski definition) is 1. The van der Waals surface area contributed by atoms with Crippen molar-refractivity contribution in [3.8, 4) is 11.3 Å². The zero-order valence-electron chi connectivity index (χ0n) is 16.0. The molecule has 0 radical (unpaired) electrons. The molecule has 2 aromatic rings. The summed E-state index contributed by atoms with van der Waals surface area (Å²) in [6.07, 6.45) is 0.536. The van der Waals surface area contributed by atoms with E-state index in [1.165, 1.54) is 0 Å². The Bertz CT molecular complexity index is 683. The topological polar surface area (TPSA) is 12.9 Å². The quantitative estimate of drug-likeness (QED) is 0.723. The Morgan fingerprint density at radius 2 is 1.71 bits per heavy atom. The van der Waals surface area contributed by atoms with Crippen LogP contribution in [0.2, 0.25) is 17.3 Å². The van der Waals surface area contributed by atoms with E-state index in [1.807, 2.05) is 63.4 Å². The van der Waals surface area contributed by atoms with Crippen molar-refractivity contribution in [1.29, 1.82) is 0 Å². The molecule has 0 saturated carbocycles. The Morgan fingerprint density at radius 1 is 1.10 bits per heavy atom. The molecule has 1 aromatic carbocycles. The molecule has 2 rings (SSSR count). The predicted octanol–water partition coefficient (Wildman–Crippen LogP) is 4.88. The SMILES string of the molecule is [2H]C([2H])(c1cc(-c2ccccc2)nc[c]1[Ge]([CH3])([CH3])[CH3])C(C)(C)C. The van der Waals surface area contributed by atoms with Gasteiger partial charge in [-0.15, -0.1) is 0 Å². The Balaban J connectivity index is 2.70. The molecule has 0 aliphatic rings. The summed E-state index contributed by atoms with van der Waals surface area (Å²) in [5, 5.41) is 0.